The van der Waals surface area contributed by atoms with Gasteiger partial charge in [0.2, 0.25) is 47.3 Å². The van der Waals surface area contributed by atoms with E-state index in [9.17, 15) is 46.8 Å². The zero-order chi connectivity index (χ0) is 54.5. The highest BCUT2D eigenvalue weighted by atomic mass is 32.2. The molecule has 406 valence electrons. The predicted octanol–water partition coefficient (Wildman–Crippen LogP) is 0.730. The molecule has 0 radical (unpaired) electrons. The number of sulfone groups is 1. The van der Waals surface area contributed by atoms with Crippen LogP contribution >= 0.6 is 0 Å². The molecule has 0 saturated carbocycles. The first-order valence-corrected chi connectivity index (χ1v) is 27.5. The Labute approximate surface area is 436 Å². The number of guanidine groups is 1. The van der Waals surface area contributed by atoms with Crippen molar-refractivity contribution in [2.75, 3.05) is 31.6 Å². The van der Waals surface area contributed by atoms with Crippen molar-refractivity contribution in [1.29, 1.82) is 5.41 Å². The highest BCUT2D eigenvalue weighted by Crippen LogP contribution is 2.22. The number of benzene rings is 3. The number of H-pyrrole nitrogens is 1. The number of hydrogen-bond donors (Lipinski definition) is 12. The predicted molar refractivity (Wildman–Crippen MR) is 284 cm³/mol. The van der Waals surface area contributed by atoms with Gasteiger partial charge in [0.1, 0.15) is 46.1 Å². The monoisotopic (exact) mass is 1060 g/mol. The number of aromatic amines is 1. The Hall–Kier alpha value is -7.56. The molecule has 3 aromatic carbocycles. The third kappa shape index (κ3) is 19.0. The van der Waals surface area contributed by atoms with Gasteiger partial charge in [-0.25, -0.2) is 8.42 Å². The maximum atomic E-state index is 14.9. The van der Waals surface area contributed by atoms with E-state index < -0.39 is 112 Å². The molecule has 75 heavy (non-hydrogen) atoms. The molecule has 6 atom stereocenters. The van der Waals surface area contributed by atoms with Gasteiger partial charge in [0.05, 0.1) is 12.2 Å². The molecule has 0 aliphatic carbocycles. The van der Waals surface area contributed by atoms with Gasteiger partial charge in [-0.15, -0.1) is 0 Å². The van der Waals surface area contributed by atoms with Crippen LogP contribution in [0.4, 0.5) is 0 Å². The third-order valence-corrected chi connectivity index (χ3v) is 13.7. The normalized spacial score (nSPS) is 20.5. The molecule has 5 rings (SSSR count). The van der Waals surface area contributed by atoms with Crippen LogP contribution in [0.15, 0.2) is 72.9 Å². The lowest BCUT2D eigenvalue weighted by Crippen LogP contribution is -2.60. The summed E-state index contributed by atoms with van der Waals surface area (Å²) in [7, 11) is -3.78. The number of carbonyl (C=O) groups is 8. The summed E-state index contributed by atoms with van der Waals surface area (Å²) in [5, 5.41) is 34.4. The molecule has 1 fully saturated rings. The van der Waals surface area contributed by atoms with Crippen molar-refractivity contribution in [2.24, 2.45) is 5.73 Å². The topological polar surface area (TPSA) is 345 Å². The average molecular weight is 1060 g/mol. The van der Waals surface area contributed by atoms with Crippen LogP contribution in [0.2, 0.25) is 0 Å². The highest BCUT2D eigenvalue weighted by molar-refractivity contribution is 7.90. The van der Waals surface area contributed by atoms with Gasteiger partial charge in [0, 0.05) is 62.8 Å². The summed E-state index contributed by atoms with van der Waals surface area (Å²) in [6, 6.07) is 11.9. The Bertz CT molecular complexity index is 2780. The molecule has 1 aromatic heterocycles. The fourth-order valence-electron chi connectivity index (χ4n) is 8.77. The van der Waals surface area contributed by atoms with Crippen molar-refractivity contribution in [2.45, 2.75) is 127 Å². The Kier molecular flexibility index (Phi) is 22.4. The van der Waals surface area contributed by atoms with E-state index in [0.29, 0.717) is 37.7 Å². The Morgan fingerprint density at radius 1 is 0.720 bits per heavy atom. The molecule has 0 unspecified atom stereocenters. The van der Waals surface area contributed by atoms with Gasteiger partial charge in [0.25, 0.3) is 0 Å². The molecular formula is C52H72N12O10S. The van der Waals surface area contributed by atoms with Crippen molar-refractivity contribution in [3.8, 4) is 0 Å². The van der Waals surface area contributed by atoms with Crippen LogP contribution < -0.4 is 53.6 Å². The van der Waals surface area contributed by atoms with Gasteiger partial charge in [-0.2, -0.15) is 0 Å². The maximum Gasteiger partial charge on any atom is 0.243 e. The number of para-hydroxylation sites is 1. The lowest BCUT2D eigenvalue weighted by atomic mass is 9.97. The Morgan fingerprint density at radius 3 is 2.01 bits per heavy atom. The minimum Gasteiger partial charge on any atom is -0.370 e. The van der Waals surface area contributed by atoms with E-state index in [4.69, 9.17) is 11.1 Å². The van der Waals surface area contributed by atoms with Crippen molar-refractivity contribution >= 4 is 84.7 Å². The second-order valence-electron chi connectivity index (χ2n) is 18.9. The van der Waals surface area contributed by atoms with Gasteiger partial charge in [-0.3, -0.25) is 43.8 Å². The highest BCUT2D eigenvalue weighted by Gasteiger charge is 2.35. The summed E-state index contributed by atoms with van der Waals surface area (Å²) in [6.07, 6.45) is 4.57. The number of nitrogens with one attached hydrogen (secondary N) is 11. The van der Waals surface area contributed by atoms with Crippen LogP contribution in [0.1, 0.15) is 89.2 Å². The number of carbonyl (C=O) groups excluding carboxylic acids is 8. The molecule has 8 amide bonds. The molecular weight excluding hydrogens is 985 g/mol. The molecule has 0 spiro atoms. The molecule has 0 bridgehead atoms. The van der Waals surface area contributed by atoms with Gasteiger partial charge in [-0.1, -0.05) is 80.4 Å². The van der Waals surface area contributed by atoms with Crippen molar-refractivity contribution < 1.29 is 46.8 Å². The number of aromatic nitrogens is 1. The van der Waals surface area contributed by atoms with E-state index in [2.05, 4.69) is 52.8 Å². The van der Waals surface area contributed by atoms with E-state index in [0.717, 1.165) is 33.5 Å². The minimum absolute atomic E-state index is 0.0254. The van der Waals surface area contributed by atoms with Gasteiger partial charge in [-0.05, 0) is 72.9 Å². The summed E-state index contributed by atoms with van der Waals surface area (Å²) in [6.45, 7) is 3.63. The first kappa shape index (κ1) is 58.3. The quantitative estimate of drug-likeness (QED) is 0.0396. The van der Waals surface area contributed by atoms with Crippen molar-refractivity contribution in [3.63, 3.8) is 0 Å². The molecule has 22 nitrogen and oxygen atoms in total. The number of nitrogens with two attached hydrogens (primary N) is 1. The number of unbranched alkanes of at least 4 members (excludes halogenated alkanes) is 1. The second kappa shape index (κ2) is 28.8. The van der Waals surface area contributed by atoms with Crippen LogP contribution in [0.3, 0.4) is 0 Å². The van der Waals surface area contributed by atoms with Gasteiger partial charge < -0.3 is 58.6 Å². The summed E-state index contributed by atoms with van der Waals surface area (Å²) in [5.74, 6) is -6.92. The van der Waals surface area contributed by atoms with Crippen LogP contribution in [-0.2, 0) is 61.0 Å². The van der Waals surface area contributed by atoms with Crippen LogP contribution in [0, 0.1) is 5.41 Å². The van der Waals surface area contributed by atoms with E-state index >= 15 is 0 Å². The third-order valence-electron chi connectivity index (χ3n) is 12.7. The van der Waals surface area contributed by atoms with Gasteiger partial charge in [0.15, 0.2) is 5.96 Å². The van der Waals surface area contributed by atoms with Crippen LogP contribution in [0.25, 0.3) is 21.7 Å². The molecule has 1 aliphatic rings. The van der Waals surface area contributed by atoms with Crippen LogP contribution in [-0.4, -0.2) is 135 Å². The first-order chi connectivity index (χ1) is 35.8. The maximum absolute atomic E-state index is 14.9. The Morgan fingerprint density at radius 2 is 1.32 bits per heavy atom. The molecule has 1 saturated heterocycles. The zero-order valence-corrected chi connectivity index (χ0v) is 43.6. The van der Waals surface area contributed by atoms with Crippen LogP contribution in [0.5, 0.6) is 0 Å². The fraction of sp³-hybridized carbons (Fsp3) is 0.481. The van der Waals surface area contributed by atoms with Crippen molar-refractivity contribution in [1.82, 2.24) is 52.8 Å². The molecule has 13 N–H and O–H groups in total. The van der Waals surface area contributed by atoms with E-state index in [1.54, 1.807) is 24.4 Å². The number of hydrogen-bond acceptors (Lipinski definition) is 11. The average Bonchev–Trinajstić information content (AvgIpc) is 3.77. The zero-order valence-electron chi connectivity index (χ0n) is 42.8. The number of rotatable bonds is 17. The lowest BCUT2D eigenvalue weighted by molar-refractivity contribution is -0.136. The summed E-state index contributed by atoms with van der Waals surface area (Å²) >= 11 is 0. The van der Waals surface area contributed by atoms with E-state index in [-0.39, 0.29) is 57.7 Å². The SMILES string of the molecule is CCCC[C@H](NC(C)=O)C(=O)N[C@H]1CC(=O)NCCCCCNC(=O)[C@H](Cc2c[nH]c3ccccc23)NC(=O)[C@H](CCCNC(=N)N)NC(=O)[C@@H](Cc2cccc3ccccc23)NC(=O)[C@H](CCS(C)(=O)=O)NC1=O. The smallest absolute Gasteiger partial charge is 0.243 e. The number of amides is 8. The molecule has 4 aromatic rings. The van der Waals surface area contributed by atoms with Crippen molar-refractivity contribution in [3.05, 3.63) is 84.1 Å². The largest absolute Gasteiger partial charge is 0.370 e. The summed E-state index contributed by atoms with van der Waals surface area (Å²) in [5.41, 5.74) is 7.71. The summed E-state index contributed by atoms with van der Waals surface area (Å²) < 4.78 is 25.2. The summed E-state index contributed by atoms with van der Waals surface area (Å²) in [4.78, 5) is 115. The van der Waals surface area contributed by atoms with E-state index in [1.807, 2.05) is 55.5 Å². The molecule has 23 heteroatoms. The molecule has 2 heterocycles. The van der Waals surface area contributed by atoms with Gasteiger partial charge >= 0.3 is 0 Å². The van der Waals surface area contributed by atoms with E-state index in [1.165, 1.54) is 6.92 Å². The lowest BCUT2D eigenvalue weighted by Gasteiger charge is -2.28. The fourth-order valence-corrected chi connectivity index (χ4v) is 9.43. The Balaban J connectivity index is 1.56. The second-order valence-corrected chi connectivity index (χ2v) is 21.2. The standard InChI is InChI=1S/C52H72N12O10S/c1-4-5-20-39(59-32(2)65)47(68)64-44-30-45(66)55-24-11-6-12-25-56-46(67)42(29-35-31-58-38-21-10-9-19-37(35)38)62-48(69)40(22-14-26-57-52(53)54)60-50(71)43(28-34-17-13-16-33-15-7-8-18-36(33)34)63-49(70)41(61-51(44)72)23-27-75(3,73)74/h7-10,13,15-19,21,31,39-44,58H,4-6,11-12,14,20,22-30H2,1-3H3,(H,55,66)(H,56,67)(H,59,65)(H,60,71)(H,61,72)(H,62,69)(H,63,70)(H,64,68)(H4,53,54,57)/t39-,40-,41-,42-,43+,44-/m0/s1. The minimum atomic E-state index is -3.78. The number of fused-ring (bicyclic) bond motifs is 2. The molecule has 1 aliphatic heterocycles. The first-order valence-electron chi connectivity index (χ1n) is 25.4.